The number of hydrogen-bond acceptors (Lipinski definition) is 2. The summed E-state index contributed by atoms with van der Waals surface area (Å²) in [7, 11) is 0. The van der Waals surface area contributed by atoms with Crippen molar-refractivity contribution >= 4 is 39.5 Å². The quantitative estimate of drug-likeness (QED) is 0.307. The molecular weight excluding hydrogens is 452 g/mol. The summed E-state index contributed by atoms with van der Waals surface area (Å²) in [6.07, 6.45) is 8.37. The van der Waals surface area contributed by atoms with E-state index >= 15 is 0 Å². The number of nitrogens with zero attached hydrogens (tertiary/aromatic N) is 2. The van der Waals surface area contributed by atoms with Crippen molar-refractivity contribution < 1.29 is 9.31 Å². The summed E-state index contributed by atoms with van der Waals surface area (Å²) in [6.45, 7) is 13.9. The van der Waals surface area contributed by atoms with Crippen LogP contribution in [0.3, 0.4) is 0 Å². The zero-order chi connectivity index (χ0) is 25.3. The van der Waals surface area contributed by atoms with Gasteiger partial charge in [0, 0.05) is 41.3 Å². The molecule has 0 N–H and O–H groups in total. The highest BCUT2D eigenvalue weighted by Gasteiger charge is 2.53. The number of hydrogen-bond donors (Lipinski definition) is 0. The molecule has 0 amide bonds. The third-order valence-electron chi connectivity index (χ3n) is 9.64. The van der Waals surface area contributed by atoms with Crippen molar-refractivity contribution in [1.82, 2.24) is 0 Å². The van der Waals surface area contributed by atoms with Gasteiger partial charge in [0.1, 0.15) is 11.9 Å². The summed E-state index contributed by atoms with van der Waals surface area (Å²) in [6, 6.07) is 15.9. The van der Waals surface area contributed by atoms with Gasteiger partial charge in [0.25, 0.3) is 0 Å². The van der Waals surface area contributed by atoms with Gasteiger partial charge in [-0.25, -0.2) is 0 Å². The molecule has 37 heavy (non-hydrogen) atoms. The molecule has 0 bridgehead atoms. The summed E-state index contributed by atoms with van der Waals surface area (Å²) < 4.78 is 9.63. The summed E-state index contributed by atoms with van der Waals surface area (Å²) >= 11 is 0. The van der Waals surface area contributed by atoms with Crippen molar-refractivity contribution in [2.45, 2.75) is 70.9 Å². The van der Waals surface area contributed by atoms with Gasteiger partial charge in [-0.15, -0.1) is 0 Å². The minimum atomic E-state index is -0.0827. The predicted octanol–water partition coefficient (Wildman–Crippen LogP) is 7.41. The normalized spacial score (nSPS) is 23.8. The van der Waals surface area contributed by atoms with Gasteiger partial charge in [-0.05, 0) is 82.0 Å². The molecule has 3 aromatic carbocycles. The Bertz CT molecular complexity index is 1650. The molecule has 0 radical (unpaired) electrons. The fourth-order valence-corrected chi connectivity index (χ4v) is 8.22. The maximum atomic E-state index is 7.04. The molecule has 3 heteroatoms. The number of rotatable bonds is 0. The lowest BCUT2D eigenvalue weighted by atomic mass is 9.74. The Balaban J connectivity index is 1.34. The largest absolute Gasteiger partial charge is 0.484 e. The first-order valence-electron chi connectivity index (χ1n) is 14.0. The standard InChI is InChI=1S/C34H35N2O/c1-20-19-33(2,3)36-15-8-11-24-30(36)25(20)17-22-18-26-28(37-31(22)24)14-16-35-27-13-12-21-9-6-7-10-23(21)29(27)34(4,5)32(26)35/h6-7,9-10,12-13,17-19,28H,8,11,14-16H2,1-5H3/q+1. The summed E-state index contributed by atoms with van der Waals surface area (Å²) in [5.74, 6) is 1.15. The highest BCUT2D eigenvalue weighted by molar-refractivity contribution is 6.14. The topological polar surface area (TPSA) is 15.5 Å². The first-order chi connectivity index (χ1) is 17.8. The van der Waals surface area contributed by atoms with Crippen LogP contribution < -0.4 is 9.64 Å². The van der Waals surface area contributed by atoms with Crippen LogP contribution in [0.4, 0.5) is 11.4 Å². The predicted molar refractivity (Wildman–Crippen MR) is 154 cm³/mol. The van der Waals surface area contributed by atoms with E-state index < -0.39 is 0 Å². The van der Waals surface area contributed by atoms with Crippen LogP contribution in [0.1, 0.15) is 69.7 Å². The molecular formula is C34H35N2O+. The van der Waals surface area contributed by atoms with Crippen molar-refractivity contribution in [3.63, 3.8) is 0 Å². The van der Waals surface area contributed by atoms with E-state index in [0.29, 0.717) is 0 Å². The molecule has 0 spiro atoms. The van der Waals surface area contributed by atoms with E-state index in [1.54, 1.807) is 0 Å². The van der Waals surface area contributed by atoms with Gasteiger partial charge in [0.05, 0.1) is 22.2 Å². The van der Waals surface area contributed by atoms with Gasteiger partial charge in [-0.2, -0.15) is 4.58 Å². The zero-order valence-corrected chi connectivity index (χ0v) is 22.6. The zero-order valence-electron chi connectivity index (χ0n) is 22.6. The van der Waals surface area contributed by atoms with E-state index in [4.69, 9.17) is 4.74 Å². The van der Waals surface area contributed by atoms with E-state index in [1.165, 1.54) is 67.7 Å². The van der Waals surface area contributed by atoms with Crippen LogP contribution in [0.5, 0.6) is 5.75 Å². The maximum absolute atomic E-state index is 7.04. The van der Waals surface area contributed by atoms with Crippen molar-refractivity contribution in [3.05, 3.63) is 76.4 Å². The van der Waals surface area contributed by atoms with E-state index in [9.17, 15) is 0 Å². The second kappa shape index (κ2) is 6.95. The number of ether oxygens (including phenoxy) is 1. The Labute approximate surface area is 219 Å². The van der Waals surface area contributed by atoms with Crippen LogP contribution in [0.15, 0.2) is 54.1 Å². The van der Waals surface area contributed by atoms with Gasteiger partial charge < -0.3 is 9.64 Å². The molecule has 3 aromatic rings. The van der Waals surface area contributed by atoms with Gasteiger partial charge in [0.2, 0.25) is 5.69 Å². The first kappa shape index (κ1) is 21.7. The number of benzene rings is 3. The van der Waals surface area contributed by atoms with Gasteiger partial charge in [-0.3, -0.25) is 0 Å². The van der Waals surface area contributed by atoms with Crippen molar-refractivity contribution in [2.24, 2.45) is 0 Å². The highest BCUT2D eigenvalue weighted by atomic mass is 16.5. The first-order valence-corrected chi connectivity index (χ1v) is 14.0. The third-order valence-corrected chi connectivity index (χ3v) is 9.64. The van der Waals surface area contributed by atoms with Gasteiger partial charge >= 0.3 is 0 Å². The lowest BCUT2D eigenvalue weighted by Crippen LogP contribution is -2.48. The Kier molecular flexibility index (Phi) is 4.08. The third kappa shape index (κ3) is 2.70. The lowest BCUT2D eigenvalue weighted by Gasteiger charge is -2.47. The van der Waals surface area contributed by atoms with Crippen LogP contribution in [-0.4, -0.2) is 35.0 Å². The summed E-state index contributed by atoms with van der Waals surface area (Å²) in [5.41, 5.74) is 12.5. The molecule has 186 valence electrons. The molecule has 5 heterocycles. The number of allylic oxidation sites excluding steroid dienone is 1. The minimum absolute atomic E-state index is 0.0414. The molecule has 0 aromatic heterocycles. The molecule has 0 aliphatic carbocycles. The Morgan fingerprint density at radius 3 is 2.76 bits per heavy atom. The smallest absolute Gasteiger partial charge is 0.210 e. The van der Waals surface area contributed by atoms with E-state index in [2.05, 4.69) is 98.7 Å². The van der Waals surface area contributed by atoms with Crippen LogP contribution in [0.25, 0.3) is 22.4 Å². The molecule has 0 fully saturated rings. The average molecular weight is 488 g/mol. The SMILES string of the molecule is CC1=CC(C)(C)N2CCCc3c4c(cc1c32)C=C1C2=[N+](CCC1O4)c1ccc3ccccc3c1C2(C)C. The maximum Gasteiger partial charge on any atom is 0.210 e. The van der Waals surface area contributed by atoms with Gasteiger partial charge in [-0.1, -0.05) is 30.3 Å². The average Bonchev–Trinajstić information content (AvgIpc) is 3.13. The van der Waals surface area contributed by atoms with Crippen LogP contribution >= 0.6 is 0 Å². The molecule has 0 saturated heterocycles. The van der Waals surface area contributed by atoms with E-state index in [1.807, 2.05) is 0 Å². The fourth-order valence-electron chi connectivity index (χ4n) is 8.22. The second-order valence-electron chi connectivity index (χ2n) is 12.7. The van der Waals surface area contributed by atoms with Crippen molar-refractivity contribution in [2.75, 3.05) is 18.0 Å². The molecule has 3 nitrogen and oxygen atoms in total. The molecule has 8 rings (SSSR count). The second-order valence-corrected chi connectivity index (χ2v) is 12.7. The lowest BCUT2D eigenvalue weighted by molar-refractivity contribution is -0.444. The van der Waals surface area contributed by atoms with Crippen LogP contribution in [0, 0.1) is 0 Å². The van der Waals surface area contributed by atoms with Crippen molar-refractivity contribution in [3.8, 4) is 5.75 Å². The Morgan fingerprint density at radius 1 is 1.05 bits per heavy atom. The fraction of sp³-hybridized carbons (Fsp3) is 0.382. The molecule has 1 unspecified atom stereocenters. The molecule has 1 atom stereocenters. The Morgan fingerprint density at radius 2 is 1.89 bits per heavy atom. The van der Waals surface area contributed by atoms with Crippen LogP contribution in [0.2, 0.25) is 0 Å². The van der Waals surface area contributed by atoms with Gasteiger partial charge in [0.15, 0.2) is 12.3 Å². The monoisotopic (exact) mass is 487 g/mol. The summed E-state index contributed by atoms with van der Waals surface area (Å²) in [4.78, 5) is 2.62. The highest BCUT2D eigenvalue weighted by Crippen LogP contribution is 2.53. The van der Waals surface area contributed by atoms with Crippen molar-refractivity contribution in [1.29, 1.82) is 0 Å². The summed E-state index contributed by atoms with van der Waals surface area (Å²) in [5, 5.41) is 2.70. The van der Waals surface area contributed by atoms with E-state index in [-0.39, 0.29) is 17.1 Å². The van der Waals surface area contributed by atoms with Crippen LogP contribution in [-0.2, 0) is 11.8 Å². The molecule has 5 aliphatic rings. The molecule has 5 aliphatic heterocycles. The number of fused-ring (bicyclic) bond motifs is 8. The minimum Gasteiger partial charge on any atom is -0.484 e. The number of anilines is 1. The van der Waals surface area contributed by atoms with E-state index in [0.717, 1.165) is 31.7 Å². The Hall–Kier alpha value is -3.33. The molecule has 0 saturated carbocycles.